The van der Waals surface area contributed by atoms with E-state index in [0.29, 0.717) is 13.0 Å². The van der Waals surface area contributed by atoms with Gasteiger partial charge < -0.3 is 19.7 Å². The molecule has 7 nitrogen and oxygen atoms in total. The molecule has 7 heteroatoms. The van der Waals surface area contributed by atoms with Crippen LogP contribution in [0.3, 0.4) is 0 Å². The summed E-state index contributed by atoms with van der Waals surface area (Å²) in [6.07, 6.45) is 0.569. The molecule has 24 heavy (non-hydrogen) atoms. The van der Waals surface area contributed by atoms with Crippen molar-refractivity contribution in [3.8, 4) is 0 Å². The highest BCUT2D eigenvalue weighted by Crippen LogP contribution is 2.11. The summed E-state index contributed by atoms with van der Waals surface area (Å²) in [7, 11) is 0. The predicted octanol–water partition coefficient (Wildman–Crippen LogP) is 1.68. The van der Waals surface area contributed by atoms with Crippen LogP contribution < -0.4 is 0 Å². The SMILES string of the molecule is CC(=O)C1CO1.CCCC(O)COC(=O)c1ccccc1C(=O)O. The summed E-state index contributed by atoms with van der Waals surface area (Å²) in [5.41, 5.74) is -0.110. The van der Waals surface area contributed by atoms with Gasteiger partial charge in [0.2, 0.25) is 0 Å². The molecule has 0 amide bonds. The molecule has 2 N–H and O–H groups in total. The lowest BCUT2D eigenvalue weighted by atomic mass is 10.1. The zero-order chi connectivity index (χ0) is 18.1. The fourth-order valence-corrected chi connectivity index (χ4v) is 1.80. The number of esters is 1. The van der Waals surface area contributed by atoms with Gasteiger partial charge in [0.15, 0.2) is 5.78 Å². The minimum atomic E-state index is -1.18. The first-order chi connectivity index (χ1) is 11.4. The van der Waals surface area contributed by atoms with E-state index in [1.165, 1.54) is 25.1 Å². The summed E-state index contributed by atoms with van der Waals surface area (Å²) >= 11 is 0. The molecule has 1 aliphatic rings. The van der Waals surface area contributed by atoms with Gasteiger partial charge in [-0.05, 0) is 25.5 Å². The third kappa shape index (κ3) is 6.89. The Kier molecular flexibility index (Phi) is 8.08. The number of aliphatic hydroxyl groups excluding tert-OH is 1. The van der Waals surface area contributed by atoms with Crippen LogP contribution in [0.1, 0.15) is 47.4 Å². The lowest BCUT2D eigenvalue weighted by Crippen LogP contribution is -2.19. The Balaban J connectivity index is 0.000000400. The molecule has 1 aromatic carbocycles. The highest BCUT2D eigenvalue weighted by molar-refractivity contribution is 6.02. The van der Waals surface area contributed by atoms with Crippen molar-refractivity contribution in [3.05, 3.63) is 35.4 Å². The highest BCUT2D eigenvalue weighted by atomic mass is 16.6. The van der Waals surface area contributed by atoms with Crippen LogP contribution in [0.5, 0.6) is 0 Å². The van der Waals surface area contributed by atoms with E-state index < -0.39 is 18.0 Å². The second-order valence-corrected chi connectivity index (χ2v) is 5.32. The van der Waals surface area contributed by atoms with Gasteiger partial charge >= 0.3 is 11.9 Å². The molecule has 1 fully saturated rings. The zero-order valence-electron chi connectivity index (χ0n) is 13.7. The van der Waals surface area contributed by atoms with Gasteiger partial charge in [-0.3, -0.25) is 4.79 Å². The molecule has 0 aromatic heterocycles. The van der Waals surface area contributed by atoms with E-state index in [2.05, 4.69) is 4.74 Å². The molecule has 0 radical (unpaired) electrons. The van der Waals surface area contributed by atoms with Crippen LogP contribution in [-0.4, -0.2) is 53.4 Å². The number of carbonyl (C=O) groups is 3. The molecule has 0 spiro atoms. The Morgan fingerprint density at radius 3 is 2.29 bits per heavy atom. The number of benzene rings is 1. The summed E-state index contributed by atoms with van der Waals surface area (Å²) in [5, 5.41) is 18.3. The van der Waals surface area contributed by atoms with Crippen molar-refractivity contribution in [1.29, 1.82) is 0 Å². The predicted molar refractivity (Wildman–Crippen MR) is 85.0 cm³/mol. The van der Waals surface area contributed by atoms with Crippen LogP contribution in [0.25, 0.3) is 0 Å². The largest absolute Gasteiger partial charge is 0.478 e. The molecule has 0 aliphatic carbocycles. The average Bonchev–Trinajstić information content (AvgIpc) is 3.38. The Morgan fingerprint density at radius 2 is 1.88 bits per heavy atom. The molecule has 2 rings (SSSR count). The fourth-order valence-electron chi connectivity index (χ4n) is 1.80. The number of epoxide rings is 1. The van der Waals surface area contributed by atoms with Gasteiger partial charge in [-0.15, -0.1) is 0 Å². The molecule has 0 saturated carbocycles. The quantitative estimate of drug-likeness (QED) is 0.574. The van der Waals surface area contributed by atoms with Crippen molar-refractivity contribution >= 4 is 17.7 Å². The molecular formula is C17H22O7. The molecule has 132 valence electrons. The number of ether oxygens (including phenoxy) is 2. The number of Topliss-reactive ketones (excluding diaryl/α,β-unsaturated/α-hetero) is 1. The van der Waals surface area contributed by atoms with E-state index in [-0.39, 0.29) is 29.6 Å². The van der Waals surface area contributed by atoms with Gasteiger partial charge in [0, 0.05) is 0 Å². The topological polar surface area (TPSA) is 113 Å². The second kappa shape index (κ2) is 9.79. The third-order valence-electron chi connectivity index (χ3n) is 3.19. The van der Waals surface area contributed by atoms with E-state index in [0.717, 1.165) is 6.42 Å². The van der Waals surface area contributed by atoms with Crippen molar-refractivity contribution in [2.24, 2.45) is 0 Å². The molecular weight excluding hydrogens is 316 g/mol. The summed E-state index contributed by atoms with van der Waals surface area (Å²) in [6.45, 7) is 3.97. The zero-order valence-corrected chi connectivity index (χ0v) is 13.7. The van der Waals surface area contributed by atoms with E-state index in [4.69, 9.17) is 9.84 Å². The van der Waals surface area contributed by atoms with Crippen molar-refractivity contribution in [2.45, 2.75) is 38.9 Å². The van der Waals surface area contributed by atoms with Gasteiger partial charge in [-0.1, -0.05) is 25.5 Å². The number of carboxylic acid groups (broad SMARTS) is 1. The lowest BCUT2D eigenvalue weighted by molar-refractivity contribution is -0.118. The number of hydrogen-bond donors (Lipinski definition) is 2. The fraction of sp³-hybridized carbons (Fsp3) is 0.471. The van der Waals surface area contributed by atoms with Gasteiger partial charge in [0.25, 0.3) is 0 Å². The van der Waals surface area contributed by atoms with E-state index in [9.17, 15) is 19.5 Å². The lowest BCUT2D eigenvalue weighted by Gasteiger charge is -2.11. The number of hydrogen-bond acceptors (Lipinski definition) is 6. The number of carboxylic acids is 1. The maximum atomic E-state index is 11.7. The summed E-state index contributed by atoms with van der Waals surface area (Å²) in [4.78, 5) is 32.7. The van der Waals surface area contributed by atoms with Gasteiger partial charge in [0.05, 0.1) is 23.8 Å². The number of carbonyl (C=O) groups excluding carboxylic acids is 2. The minimum absolute atomic E-state index is 0.00583. The monoisotopic (exact) mass is 338 g/mol. The first-order valence-corrected chi connectivity index (χ1v) is 7.66. The Hall–Kier alpha value is -2.25. The summed E-state index contributed by atoms with van der Waals surface area (Å²) in [6, 6.07) is 5.82. The summed E-state index contributed by atoms with van der Waals surface area (Å²) < 4.78 is 9.50. The molecule has 2 unspecified atom stereocenters. The summed E-state index contributed by atoms with van der Waals surface area (Å²) in [5.74, 6) is -1.77. The van der Waals surface area contributed by atoms with Crippen molar-refractivity contribution in [1.82, 2.24) is 0 Å². The minimum Gasteiger partial charge on any atom is -0.478 e. The van der Waals surface area contributed by atoms with Gasteiger partial charge in [-0.25, -0.2) is 9.59 Å². The highest BCUT2D eigenvalue weighted by Gasteiger charge is 2.26. The Bertz CT molecular complexity index is 578. The maximum absolute atomic E-state index is 11.7. The third-order valence-corrected chi connectivity index (χ3v) is 3.19. The molecule has 1 aliphatic heterocycles. The van der Waals surface area contributed by atoms with Crippen LogP contribution in [0.4, 0.5) is 0 Å². The van der Waals surface area contributed by atoms with Crippen LogP contribution in [-0.2, 0) is 14.3 Å². The standard InChI is InChI=1S/C13H16O5.C4H6O2/c1-2-5-9(14)8-18-13(17)11-7-4-3-6-10(11)12(15)16;1-3(5)4-2-6-4/h3-4,6-7,9,14H,2,5,8H2,1H3,(H,15,16);4H,2H2,1H3. The molecule has 1 saturated heterocycles. The normalized spacial score (nSPS) is 16.4. The first kappa shape index (κ1) is 19.8. The number of rotatable bonds is 7. The molecule has 0 bridgehead atoms. The second-order valence-electron chi connectivity index (χ2n) is 5.32. The maximum Gasteiger partial charge on any atom is 0.339 e. The first-order valence-electron chi connectivity index (χ1n) is 7.66. The van der Waals surface area contributed by atoms with Crippen molar-refractivity contribution < 1.29 is 34.1 Å². The number of ketones is 1. The van der Waals surface area contributed by atoms with E-state index >= 15 is 0 Å². The van der Waals surface area contributed by atoms with E-state index in [1.54, 1.807) is 6.07 Å². The Morgan fingerprint density at radius 1 is 1.29 bits per heavy atom. The average molecular weight is 338 g/mol. The number of aliphatic hydroxyl groups is 1. The molecule has 1 heterocycles. The van der Waals surface area contributed by atoms with Crippen LogP contribution in [0.2, 0.25) is 0 Å². The van der Waals surface area contributed by atoms with Crippen molar-refractivity contribution in [3.63, 3.8) is 0 Å². The number of aromatic carboxylic acids is 1. The van der Waals surface area contributed by atoms with Crippen LogP contribution in [0.15, 0.2) is 24.3 Å². The van der Waals surface area contributed by atoms with Gasteiger partial charge in [0.1, 0.15) is 12.7 Å². The van der Waals surface area contributed by atoms with Gasteiger partial charge in [-0.2, -0.15) is 0 Å². The Labute approximate surface area is 140 Å². The smallest absolute Gasteiger partial charge is 0.339 e. The van der Waals surface area contributed by atoms with Crippen LogP contribution >= 0.6 is 0 Å². The molecule has 1 aromatic rings. The van der Waals surface area contributed by atoms with Crippen molar-refractivity contribution in [2.75, 3.05) is 13.2 Å². The molecule has 2 atom stereocenters. The van der Waals surface area contributed by atoms with E-state index in [1.807, 2.05) is 6.92 Å². The van der Waals surface area contributed by atoms with Crippen LogP contribution in [0, 0.1) is 0 Å².